The number of carboxylic acids is 2. The van der Waals surface area contributed by atoms with Crippen LogP contribution in [0.15, 0.2) is 41.3 Å². The Hall–Kier alpha value is -3.62. The highest BCUT2D eigenvalue weighted by Crippen LogP contribution is 2.34. The van der Waals surface area contributed by atoms with Crippen molar-refractivity contribution in [1.82, 2.24) is 14.8 Å². The third-order valence-corrected chi connectivity index (χ3v) is 5.63. The highest BCUT2D eigenvalue weighted by atomic mass is 19.4. The van der Waals surface area contributed by atoms with Crippen molar-refractivity contribution in [2.45, 2.75) is 50.7 Å². The first-order valence-corrected chi connectivity index (χ1v) is 10.7. The second kappa shape index (κ2) is 12.1. The quantitative estimate of drug-likeness (QED) is 0.566. The molecule has 9 nitrogen and oxygen atoms in total. The lowest BCUT2D eigenvalue weighted by Gasteiger charge is -2.25. The Morgan fingerprint density at radius 2 is 1.57 bits per heavy atom. The molecule has 2 atom stereocenters. The molecule has 0 aromatic carbocycles. The van der Waals surface area contributed by atoms with Crippen LogP contribution in [0.4, 0.5) is 26.3 Å². The number of carbonyl (C=O) groups is 3. The molecule has 2 aromatic rings. The van der Waals surface area contributed by atoms with Crippen molar-refractivity contribution >= 4 is 17.8 Å². The Morgan fingerprint density at radius 1 is 1.00 bits per heavy atom. The summed E-state index contributed by atoms with van der Waals surface area (Å²) >= 11 is 0. The number of alkyl halides is 6. The van der Waals surface area contributed by atoms with Gasteiger partial charge in [-0.3, -0.25) is 14.7 Å². The summed E-state index contributed by atoms with van der Waals surface area (Å²) < 4.78 is 68.8. The molecule has 2 fully saturated rings. The first kappa shape index (κ1) is 29.6. The SMILES string of the molecule is Cc1occc1C(=O)N1CC[C@H]2[C@H]1CCN2Cc1cccnc1.O=C(O)C(F)(F)F.O=C(O)C(F)(F)F. The average molecular weight is 539 g/mol. The zero-order valence-electron chi connectivity index (χ0n) is 19.3. The summed E-state index contributed by atoms with van der Waals surface area (Å²) in [6, 6.07) is 6.68. The number of likely N-dealkylation sites (tertiary alicyclic amines) is 2. The minimum Gasteiger partial charge on any atom is -0.475 e. The van der Waals surface area contributed by atoms with Gasteiger partial charge in [-0.25, -0.2) is 9.59 Å². The molecule has 0 bridgehead atoms. The van der Waals surface area contributed by atoms with Gasteiger partial charge in [0.2, 0.25) is 0 Å². The van der Waals surface area contributed by atoms with Crippen LogP contribution >= 0.6 is 0 Å². The van der Waals surface area contributed by atoms with E-state index in [9.17, 15) is 31.1 Å². The van der Waals surface area contributed by atoms with Crippen LogP contribution in [0.25, 0.3) is 0 Å². The van der Waals surface area contributed by atoms with Crippen molar-refractivity contribution < 1.29 is 55.4 Å². The van der Waals surface area contributed by atoms with Gasteiger partial charge in [0.05, 0.1) is 11.8 Å². The molecule has 204 valence electrons. The lowest BCUT2D eigenvalue weighted by molar-refractivity contribution is -0.193. The Kier molecular flexibility index (Phi) is 9.67. The fourth-order valence-corrected chi connectivity index (χ4v) is 4.01. The predicted molar refractivity (Wildman–Crippen MR) is 113 cm³/mol. The molecule has 2 N–H and O–H groups in total. The van der Waals surface area contributed by atoms with Gasteiger partial charge in [-0.2, -0.15) is 26.3 Å². The Morgan fingerprint density at radius 3 is 2.03 bits per heavy atom. The third kappa shape index (κ3) is 8.20. The number of halogens is 6. The number of carbonyl (C=O) groups excluding carboxylic acids is 1. The first-order valence-electron chi connectivity index (χ1n) is 10.7. The molecule has 2 saturated heterocycles. The fraction of sp³-hybridized carbons (Fsp3) is 0.455. The monoisotopic (exact) mass is 539 g/mol. The average Bonchev–Trinajstić information content (AvgIpc) is 3.51. The molecule has 2 aliphatic heterocycles. The van der Waals surface area contributed by atoms with E-state index >= 15 is 0 Å². The van der Waals surface area contributed by atoms with Crippen molar-refractivity contribution in [3.8, 4) is 0 Å². The molecule has 4 rings (SSSR count). The molecule has 37 heavy (non-hydrogen) atoms. The lowest BCUT2D eigenvalue weighted by atomic mass is 10.1. The lowest BCUT2D eigenvalue weighted by Crippen LogP contribution is -2.39. The molecule has 15 heteroatoms. The van der Waals surface area contributed by atoms with E-state index < -0.39 is 24.3 Å². The Bertz CT molecular complexity index is 1050. The zero-order valence-corrected chi connectivity index (χ0v) is 19.3. The molecule has 2 aromatic heterocycles. The summed E-state index contributed by atoms with van der Waals surface area (Å²) in [6.45, 7) is 4.65. The molecular weight excluding hydrogens is 516 g/mol. The Labute approximate surface area is 206 Å². The number of aryl methyl sites for hydroxylation is 1. The van der Waals surface area contributed by atoms with Gasteiger partial charge < -0.3 is 19.5 Å². The number of carboxylic acid groups (broad SMARTS) is 2. The molecule has 0 saturated carbocycles. The largest absolute Gasteiger partial charge is 0.490 e. The highest BCUT2D eigenvalue weighted by molar-refractivity contribution is 5.95. The number of hydrogen-bond acceptors (Lipinski definition) is 6. The topological polar surface area (TPSA) is 124 Å². The second-order valence-electron chi connectivity index (χ2n) is 8.04. The maximum atomic E-state index is 12.8. The summed E-state index contributed by atoms with van der Waals surface area (Å²) in [7, 11) is 0. The van der Waals surface area contributed by atoms with Gasteiger partial charge in [0, 0.05) is 44.1 Å². The van der Waals surface area contributed by atoms with Crippen molar-refractivity contribution in [3.63, 3.8) is 0 Å². The smallest absolute Gasteiger partial charge is 0.475 e. The summed E-state index contributed by atoms with van der Waals surface area (Å²) in [5.74, 6) is -4.68. The van der Waals surface area contributed by atoms with Crippen LogP contribution < -0.4 is 0 Å². The van der Waals surface area contributed by atoms with Gasteiger partial charge in [-0.05, 0) is 37.5 Å². The first-order chi connectivity index (χ1) is 17.1. The number of pyridine rings is 1. The Balaban J connectivity index is 0.000000286. The van der Waals surface area contributed by atoms with Gasteiger partial charge >= 0.3 is 24.3 Å². The van der Waals surface area contributed by atoms with Gasteiger partial charge in [0.1, 0.15) is 5.76 Å². The van der Waals surface area contributed by atoms with E-state index in [0.717, 1.165) is 32.5 Å². The summed E-state index contributed by atoms with van der Waals surface area (Å²) in [5.41, 5.74) is 1.94. The molecule has 0 unspecified atom stereocenters. The standard InChI is InChI=1S/C18H21N3O2.2C2HF3O2/c1-13-15(6-10-23-13)18(22)21-9-5-16-17(21)4-8-20(16)12-14-3-2-7-19-11-14;2*3-2(4,5)1(6)7/h2-3,6-7,10-11,16-17H,4-5,8-9,12H2,1H3;2*(H,6,7)/t16-,17+;;/m0../s1. The maximum Gasteiger partial charge on any atom is 0.490 e. The van der Waals surface area contributed by atoms with Crippen LogP contribution in [0.5, 0.6) is 0 Å². The second-order valence-corrected chi connectivity index (χ2v) is 8.04. The molecule has 1 amide bonds. The van der Waals surface area contributed by atoms with Crippen molar-refractivity contribution in [3.05, 3.63) is 53.7 Å². The highest BCUT2D eigenvalue weighted by Gasteiger charge is 2.44. The number of hydrogen-bond donors (Lipinski definition) is 2. The third-order valence-electron chi connectivity index (χ3n) is 5.63. The van der Waals surface area contributed by atoms with Gasteiger partial charge in [0.25, 0.3) is 5.91 Å². The minimum atomic E-state index is -5.08. The van der Waals surface area contributed by atoms with Crippen LogP contribution in [0, 0.1) is 6.92 Å². The molecule has 0 aliphatic carbocycles. The van der Waals surface area contributed by atoms with E-state index in [4.69, 9.17) is 24.2 Å². The minimum absolute atomic E-state index is 0.118. The van der Waals surface area contributed by atoms with Crippen molar-refractivity contribution in [2.75, 3.05) is 13.1 Å². The van der Waals surface area contributed by atoms with Gasteiger partial charge in [-0.15, -0.1) is 0 Å². The number of rotatable bonds is 3. The molecular formula is C22H23F6N3O6. The molecule has 0 spiro atoms. The van der Waals surface area contributed by atoms with Crippen LogP contribution in [0.1, 0.15) is 34.5 Å². The van der Waals surface area contributed by atoms with E-state index in [1.807, 2.05) is 24.1 Å². The fourth-order valence-electron chi connectivity index (χ4n) is 4.01. The van der Waals surface area contributed by atoms with E-state index in [2.05, 4.69) is 16.0 Å². The number of fused-ring (bicyclic) bond motifs is 1. The summed E-state index contributed by atoms with van der Waals surface area (Å²) in [6.07, 6.45) is -2.74. The number of nitrogens with zero attached hydrogens (tertiary/aromatic N) is 3. The van der Waals surface area contributed by atoms with Crippen LogP contribution in [0.3, 0.4) is 0 Å². The van der Waals surface area contributed by atoms with Crippen molar-refractivity contribution in [1.29, 1.82) is 0 Å². The normalized spacial score (nSPS) is 19.3. The number of aromatic nitrogens is 1. The number of aliphatic carboxylic acids is 2. The van der Waals surface area contributed by atoms with E-state index in [-0.39, 0.29) is 5.91 Å². The van der Waals surface area contributed by atoms with E-state index in [1.165, 1.54) is 5.56 Å². The van der Waals surface area contributed by atoms with E-state index in [0.29, 0.717) is 23.4 Å². The van der Waals surface area contributed by atoms with Gasteiger partial charge in [0.15, 0.2) is 0 Å². The van der Waals surface area contributed by atoms with Gasteiger partial charge in [-0.1, -0.05) is 6.07 Å². The molecule has 4 heterocycles. The number of amides is 1. The van der Waals surface area contributed by atoms with Crippen LogP contribution in [-0.2, 0) is 16.1 Å². The predicted octanol–water partition coefficient (Wildman–Crippen LogP) is 3.74. The van der Waals surface area contributed by atoms with Crippen LogP contribution in [-0.4, -0.2) is 80.4 Å². The number of furan rings is 1. The molecule has 0 radical (unpaired) electrons. The maximum absolute atomic E-state index is 12.8. The molecule has 2 aliphatic rings. The van der Waals surface area contributed by atoms with Crippen LogP contribution in [0.2, 0.25) is 0 Å². The summed E-state index contributed by atoms with van der Waals surface area (Å²) in [4.78, 5) is 39.3. The summed E-state index contributed by atoms with van der Waals surface area (Å²) in [5, 5.41) is 14.2. The van der Waals surface area contributed by atoms with E-state index in [1.54, 1.807) is 18.5 Å². The zero-order chi connectivity index (χ0) is 28.0. The van der Waals surface area contributed by atoms with Crippen molar-refractivity contribution in [2.24, 2.45) is 0 Å².